The Kier molecular flexibility index (Phi) is 6.28. The monoisotopic (exact) mass is 321 g/mol. The topological polar surface area (TPSA) is 49.8 Å². The van der Waals surface area contributed by atoms with E-state index in [1.54, 1.807) is 10.6 Å². The molecule has 1 unspecified atom stereocenters. The summed E-state index contributed by atoms with van der Waals surface area (Å²) in [6, 6.07) is -0.762. The second kappa shape index (κ2) is 7.05. The molecule has 3 atom stereocenters. The van der Waals surface area contributed by atoms with Crippen LogP contribution in [-0.2, 0) is 9.53 Å². The smallest absolute Gasteiger partial charge is 0.416 e. The number of carboxylic acid groups (broad SMARTS) is 1. The fraction of sp³-hybridized carbons (Fsp3) is 0.900. The van der Waals surface area contributed by atoms with Crippen LogP contribution in [0.3, 0.4) is 0 Å². The number of aliphatic carboxylic acids is 1. The van der Waals surface area contributed by atoms with Gasteiger partial charge in [0.15, 0.2) is 6.10 Å². The highest BCUT2D eigenvalue weighted by Gasteiger charge is 2.49. The van der Waals surface area contributed by atoms with E-state index in [2.05, 4.69) is 11.7 Å². The van der Waals surface area contributed by atoms with Crippen LogP contribution in [0.1, 0.15) is 19.3 Å². The Labute approximate surface area is 117 Å². The summed E-state index contributed by atoms with van der Waals surface area (Å²) < 4.78 is 45.6. The van der Waals surface area contributed by atoms with E-state index in [1.165, 1.54) is 0 Å². The van der Waals surface area contributed by atoms with Gasteiger partial charge in [-0.2, -0.15) is 23.3 Å². The fourth-order valence-electron chi connectivity index (χ4n) is 2.14. The standard InChI is InChI=1S/C10H18F3NO3S2/c1-19(18)14-5-2-3-7(14)9(10(11,12)13)17-6-4-8(15)16/h7,9,18-19H,2-6H2,1H3,(H,15,16)/t7-,9-/m0/s1. The van der Waals surface area contributed by atoms with Crippen molar-refractivity contribution in [3.63, 3.8) is 0 Å². The van der Waals surface area contributed by atoms with Gasteiger partial charge in [0.25, 0.3) is 0 Å². The molecule has 0 spiro atoms. The number of thiol groups is 2. The van der Waals surface area contributed by atoms with E-state index in [1.807, 2.05) is 0 Å². The highest BCUT2D eigenvalue weighted by atomic mass is 33.1. The molecule has 0 radical (unpaired) electrons. The van der Waals surface area contributed by atoms with Crippen molar-refractivity contribution >= 4 is 27.7 Å². The molecule has 1 aliphatic rings. The molecule has 1 saturated heterocycles. The number of hydrogen-bond acceptors (Lipinski definition) is 4. The largest absolute Gasteiger partial charge is 0.481 e. The minimum atomic E-state index is -4.50. The first-order valence-electron chi connectivity index (χ1n) is 5.82. The number of nitrogens with zero attached hydrogens (tertiary/aromatic N) is 1. The average Bonchev–Trinajstić information content (AvgIpc) is 2.70. The van der Waals surface area contributed by atoms with E-state index in [0.717, 1.165) is 0 Å². The van der Waals surface area contributed by atoms with Gasteiger partial charge in [-0.25, -0.2) is 0 Å². The summed E-state index contributed by atoms with van der Waals surface area (Å²) in [5.74, 6) is -1.17. The van der Waals surface area contributed by atoms with E-state index < -0.39 is 47.4 Å². The zero-order chi connectivity index (χ0) is 14.6. The lowest BCUT2D eigenvalue weighted by molar-refractivity contribution is -0.232. The summed E-state index contributed by atoms with van der Waals surface area (Å²) in [5, 5.41) is 8.45. The van der Waals surface area contributed by atoms with Gasteiger partial charge in [-0.15, -0.1) is 11.7 Å². The average molecular weight is 321 g/mol. The lowest BCUT2D eigenvalue weighted by atomic mass is 10.1. The van der Waals surface area contributed by atoms with Crippen LogP contribution >= 0.6 is 21.8 Å². The Morgan fingerprint density at radius 3 is 2.74 bits per heavy atom. The zero-order valence-electron chi connectivity index (χ0n) is 10.4. The molecule has 0 aromatic heterocycles. The van der Waals surface area contributed by atoms with E-state index in [0.29, 0.717) is 19.4 Å². The van der Waals surface area contributed by atoms with Crippen molar-refractivity contribution in [1.82, 2.24) is 4.31 Å². The number of halogens is 3. The van der Waals surface area contributed by atoms with Crippen molar-refractivity contribution in [2.45, 2.75) is 37.6 Å². The van der Waals surface area contributed by atoms with E-state index in [-0.39, 0.29) is 0 Å². The van der Waals surface area contributed by atoms with E-state index in [9.17, 15) is 18.0 Å². The van der Waals surface area contributed by atoms with E-state index in [4.69, 9.17) is 9.84 Å². The van der Waals surface area contributed by atoms with Crippen LogP contribution in [-0.4, -0.2) is 53.1 Å². The van der Waals surface area contributed by atoms with Crippen LogP contribution < -0.4 is 0 Å². The SMILES string of the molecule is C[SH](S)N1CCC[C@H]1[C@H](OCCC(=O)O)C(F)(F)F. The Morgan fingerprint density at radius 2 is 2.26 bits per heavy atom. The Morgan fingerprint density at radius 1 is 1.63 bits per heavy atom. The third-order valence-electron chi connectivity index (χ3n) is 2.93. The summed E-state index contributed by atoms with van der Waals surface area (Å²) in [6.45, 7) is 0.142. The first-order valence-corrected chi connectivity index (χ1v) is 8.72. The van der Waals surface area contributed by atoms with Crippen molar-refractivity contribution in [2.24, 2.45) is 0 Å². The molecule has 1 heterocycles. The normalized spacial score (nSPS) is 25.3. The summed E-state index contributed by atoms with van der Waals surface area (Å²) in [6.07, 6.45) is -4.02. The lowest BCUT2D eigenvalue weighted by Crippen LogP contribution is -2.47. The van der Waals surface area contributed by atoms with Crippen molar-refractivity contribution in [2.75, 3.05) is 19.4 Å². The van der Waals surface area contributed by atoms with Gasteiger partial charge in [0, 0.05) is 6.54 Å². The van der Waals surface area contributed by atoms with Crippen molar-refractivity contribution in [3.05, 3.63) is 0 Å². The minimum Gasteiger partial charge on any atom is -0.481 e. The Hall–Kier alpha value is -0.120. The Balaban J connectivity index is 2.70. The molecule has 0 aliphatic carbocycles. The molecule has 0 bridgehead atoms. The minimum absolute atomic E-state index is 0.393. The van der Waals surface area contributed by atoms with Gasteiger partial charge < -0.3 is 9.84 Å². The summed E-state index contributed by atoms with van der Waals surface area (Å²) >= 11 is 4.24. The zero-order valence-corrected chi connectivity index (χ0v) is 12.2. The number of ether oxygens (including phenoxy) is 1. The van der Waals surface area contributed by atoms with Crippen LogP contribution in [0.25, 0.3) is 0 Å². The molecule has 19 heavy (non-hydrogen) atoms. The van der Waals surface area contributed by atoms with Crippen LogP contribution in [0.5, 0.6) is 0 Å². The molecule has 0 amide bonds. The van der Waals surface area contributed by atoms with Gasteiger partial charge in [-0.3, -0.25) is 9.10 Å². The maximum absolute atomic E-state index is 13.0. The molecule has 9 heteroatoms. The summed E-state index contributed by atoms with van der Waals surface area (Å²) in [7, 11) is -0.916. The van der Waals surface area contributed by atoms with Crippen molar-refractivity contribution < 1.29 is 27.8 Å². The highest BCUT2D eigenvalue weighted by Crippen LogP contribution is 2.42. The quantitative estimate of drug-likeness (QED) is 0.519. The molecule has 0 saturated carbocycles. The maximum atomic E-state index is 13.0. The fourth-order valence-corrected chi connectivity index (χ4v) is 3.90. The molecule has 1 rings (SSSR count). The second-order valence-electron chi connectivity index (χ2n) is 4.34. The van der Waals surface area contributed by atoms with Crippen molar-refractivity contribution in [3.8, 4) is 0 Å². The maximum Gasteiger partial charge on any atom is 0.416 e. The molecular formula is C10H18F3NO3S2. The molecule has 0 aromatic carbocycles. The molecule has 4 nitrogen and oxygen atoms in total. The molecule has 1 N–H and O–H groups in total. The number of rotatable bonds is 6. The number of hydrogen-bond donors (Lipinski definition) is 3. The summed E-state index contributed by atoms with van der Waals surface area (Å²) in [4.78, 5) is 10.3. The third-order valence-corrected chi connectivity index (χ3v) is 4.86. The third kappa shape index (κ3) is 5.05. The highest BCUT2D eigenvalue weighted by molar-refractivity contribution is 8.76. The summed E-state index contributed by atoms with van der Waals surface area (Å²) in [5.41, 5.74) is 0. The van der Waals surface area contributed by atoms with Gasteiger partial charge in [-0.1, -0.05) is 0 Å². The van der Waals surface area contributed by atoms with Crippen LogP contribution in [0.2, 0.25) is 0 Å². The predicted octanol–water partition coefficient (Wildman–Crippen LogP) is 2.26. The molecule has 114 valence electrons. The first kappa shape index (κ1) is 16.9. The van der Waals surface area contributed by atoms with Gasteiger partial charge in [-0.05, 0) is 19.1 Å². The van der Waals surface area contributed by atoms with E-state index >= 15 is 0 Å². The number of carbonyl (C=O) groups is 1. The van der Waals surface area contributed by atoms with Gasteiger partial charge in [0.05, 0.1) is 19.1 Å². The molecule has 1 fully saturated rings. The molecule has 0 aromatic rings. The predicted molar refractivity (Wildman–Crippen MR) is 71.7 cm³/mol. The first-order chi connectivity index (χ1) is 8.73. The van der Waals surface area contributed by atoms with Crippen LogP contribution in [0, 0.1) is 0 Å². The lowest BCUT2D eigenvalue weighted by Gasteiger charge is -2.35. The van der Waals surface area contributed by atoms with Gasteiger partial charge >= 0.3 is 12.1 Å². The van der Waals surface area contributed by atoms with Crippen molar-refractivity contribution in [1.29, 1.82) is 0 Å². The second-order valence-corrected chi connectivity index (χ2v) is 7.57. The van der Waals surface area contributed by atoms with Gasteiger partial charge in [0.2, 0.25) is 0 Å². The molecular weight excluding hydrogens is 303 g/mol. The number of carboxylic acids is 1. The van der Waals surface area contributed by atoms with Gasteiger partial charge in [0.1, 0.15) is 0 Å². The Bertz CT molecular complexity index is 315. The number of alkyl halides is 3. The molecule has 1 aliphatic heterocycles. The van der Waals surface area contributed by atoms with Crippen LogP contribution in [0.15, 0.2) is 0 Å². The van der Waals surface area contributed by atoms with Crippen LogP contribution in [0.4, 0.5) is 13.2 Å².